The zero-order valence-corrected chi connectivity index (χ0v) is 22.5. The van der Waals surface area contributed by atoms with Crippen molar-refractivity contribution in [3.8, 4) is 11.8 Å². The van der Waals surface area contributed by atoms with Crippen LogP contribution in [-0.2, 0) is 20.7 Å². The second kappa shape index (κ2) is 13.3. The Kier molecular flexibility index (Phi) is 10.5. The van der Waals surface area contributed by atoms with Crippen molar-refractivity contribution < 1.29 is 24.2 Å². The molecule has 0 aromatic heterocycles. The second-order valence-corrected chi connectivity index (χ2v) is 10.1. The van der Waals surface area contributed by atoms with Gasteiger partial charge in [0.1, 0.15) is 30.0 Å². The normalized spacial score (nSPS) is 12.6. The fourth-order valence-corrected chi connectivity index (χ4v) is 3.78. The zero-order chi connectivity index (χ0) is 28.5. The quantitative estimate of drug-likeness (QED) is 0.404. The summed E-state index contributed by atoms with van der Waals surface area (Å²) in [4.78, 5) is 41.3. The number of amides is 3. The van der Waals surface area contributed by atoms with Crippen LogP contribution in [0.5, 0.6) is 5.75 Å². The Bertz CT molecular complexity index is 1180. The maximum absolute atomic E-state index is 14.0. The highest BCUT2D eigenvalue weighted by molar-refractivity contribution is 5.92. The molecule has 0 bridgehead atoms. The van der Waals surface area contributed by atoms with E-state index >= 15 is 0 Å². The van der Waals surface area contributed by atoms with Crippen LogP contribution in [-0.4, -0.2) is 52.1 Å². The van der Waals surface area contributed by atoms with Crippen molar-refractivity contribution in [2.45, 2.75) is 64.8 Å². The lowest BCUT2D eigenvalue weighted by Crippen LogP contribution is -2.54. The molecule has 0 saturated heterocycles. The third-order valence-electron chi connectivity index (χ3n) is 5.34. The van der Waals surface area contributed by atoms with Crippen molar-refractivity contribution in [3.63, 3.8) is 0 Å². The van der Waals surface area contributed by atoms with Crippen molar-refractivity contribution in [2.24, 2.45) is 0 Å². The fourth-order valence-electron chi connectivity index (χ4n) is 3.78. The highest BCUT2D eigenvalue weighted by Gasteiger charge is 2.36. The molecular weight excluding hydrogens is 484 g/mol. The third kappa shape index (κ3) is 8.96. The van der Waals surface area contributed by atoms with Gasteiger partial charge in [0.2, 0.25) is 11.8 Å². The molecule has 9 heteroatoms. The van der Waals surface area contributed by atoms with Crippen molar-refractivity contribution >= 4 is 24.0 Å². The minimum atomic E-state index is -1.17. The molecule has 0 aliphatic heterocycles. The Balaban J connectivity index is 2.56. The number of nitriles is 1. The van der Waals surface area contributed by atoms with E-state index in [0.29, 0.717) is 11.1 Å². The summed E-state index contributed by atoms with van der Waals surface area (Å²) < 4.78 is 5.37. The van der Waals surface area contributed by atoms with Crippen LogP contribution in [0.1, 0.15) is 57.4 Å². The lowest BCUT2D eigenvalue weighted by atomic mass is 9.98. The number of carbonyl (C=O) groups is 3. The largest absolute Gasteiger partial charge is 0.508 e. The monoisotopic (exact) mass is 520 g/mol. The summed E-state index contributed by atoms with van der Waals surface area (Å²) in [5.41, 5.74) is 1.06. The number of hydrogen-bond acceptors (Lipinski definition) is 6. The first kappa shape index (κ1) is 29.9. The maximum Gasteiger partial charge on any atom is 0.408 e. The van der Waals surface area contributed by atoms with Crippen LogP contribution in [0.15, 0.2) is 55.1 Å². The van der Waals surface area contributed by atoms with Gasteiger partial charge >= 0.3 is 6.09 Å². The average Bonchev–Trinajstić information content (AvgIpc) is 2.82. The van der Waals surface area contributed by atoms with Crippen molar-refractivity contribution in [1.29, 1.82) is 5.26 Å². The zero-order valence-electron chi connectivity index (χ0n) is 22.5. The van der Waals surface area contributed by atoms with E-state index in [1.807, 2.05) is 12.1 Å². The van der Waals surface area contributed by atoms with Crippen LogP contribution in [0.2, 0.25) is 0 Å². The fraction of sp³-hybridized carbons (Fsp3) is 0.379. The van der Waals surface area contributed by atoms with E-state index in [4.69, 9.17) is 4.74 Å². The van der Waals surface area contributed by atoms with E-state index in [9.17, 15) is 24.8 Å². The van der Waals surface area contributed by atoms with E-state index in [2.05, 4.69) is 17.2 Å². The predicted octanol–water partition coefficient (Wildman–Crippen LogP) is 4.09. The minimum Gasteiger partial charge on any atom is -0.508 e. The molecular formula is C29H36N4O5. The van der Waals surface area contributed by atoms with Gasteiger partial charge in [-0.3, -0.25) is 9.59 Å². The molecule has 0 fully saturated rings. The third-order valence-corrected chi connectivity index (χ3v) is 5.34. The van der Waals surface area contributed by atoms with Crippen LogP contribution in [0.25, 0.3) is 6.08 Å². The van der Waals surface area contributed by atoms with Gasteiger partial charge in [0.15, 0.2) is 0 Å². The van der Waals surface area contributed by atoms with Crippen molar-refractivity contribution in [1.82, 2.24) is 15.5 Å². The first-order valence-corrected chi connectivity index (χ1v) is 12.3. The molecule has 3 N–H and O–H groups in total. The first-order chi connectivity index (χ1) is 17.8. The van der Waals surface area contributed by atoms with Crippen LogP contribution < -0.4 is 10.6 Å². The Morgan fingerprint density at radius 3 is 2.34 bits per heavy atom. The molecule has 2 atom stereocenters. The summed E-state index contributed by atoms with van der Waals surface area (Å²) in [5, 5.41) is 24.7. The number of rotatable bonds is 10. The molecule has 2 unspecified atom stereocenters. The highest BCUT2D eigenvalue weighted by atomic mass is 16.6. The lowest BCUT2D eigenvalue weighted by molar-refractivity contribution is -0.142. The lowest BCUT2D eigenvalue weighted by Gasteiger charge is -2.33. The smallest absolute Gasteiger partial charge is 0.408 e. The average molecular weight is 521 g/mol. The number of nitrogens with one attached hydrogen (secondary N) is 2. The maximum atomic E-state index is 14.0. The van der Waals surface area contributed by atoms with E-state index < -0.39 is 42.1 Å². The molecule has 3 amide bonds. The van der Waals surface area contributed by atoms with Crippen LogP contribution in [0, 0.1) is 11.3 Å². The van der Waals surface area contributed by atoms with Gasteiger partial charge in [-0.1, -0.05) is 43.0 Å². The van der Waals surface area contributed by atoms with E-state index in [1.165, 1.54) is 12.1 Å². The topological polar surface area (TPSA) is 132 Å². The first-order valence-electron chi connectivity index (χ1n) is 12.3. The van der Waals surface area contributed by atoms with Gasteiger partial charge in [-0.05, 0) is 69.5 Å². The number of hydrogen-bond donors (Lipinski definition) is 3. The molecule has 0 spiro atoms. The van der Waals surface area contributed by atoms with Crippen LogP contribution in [0.4, 0.5) is 4.79 Å². The summed E-state index contributed by atoms with van der Waals surface area (Å²) in [6.07, 6.45) is 0.837. The number of phenolic OH excluding ortho intramolecular Hbond substituents is 1. The molecule has 9 nitrogen and oxygen atoms in total. The molecule has 38 heavy (non-hydrogen) atoms. The van der Waals surface area contributed by atoms with Gasteiger partial charge in [-0.15, -0.1) is 0 Å². The summed E-state index contributed by atoms with van der Waals surface area (Å²) >= 11 is 0. The van der Waals surface area contributed by atoms with Crippen molar-refractivity contribution in [2.75, 3.05) is 6.54 Å². The number of carbonyl (C=O) groups excluding carboxylic acids is 3. The van der Waals surface area contributed by atoms with Gasteiger partial charge in [-0.2, -0.15) is 5.26 Å². The Hall–Kier alpha value is -4.32. The number of ether oxygens (including phenoxy) is 1. The van der Waals surface area contributed by atoms with Gasteiger partial charge in [0.25, 0.3) is 0 Å². The van der Waals surface area contributed by atoms with Crippen LogP contribution >= 0.6 is 0 Å². The molecule has 0 aliphatic rings. The van der Waals surface area contributed by atoms with Gasteiger partial charge < -0.3 is 25.4 Å². The highest BCUT2D eigenvalue weighted by Crippen LogP contribution is 2.25. The molecule has 0 radical (unpaired) electrons. The molecule has 0 aliphatic carbocycles. The number of nitrogens with zero attached hydrogens (tertiary/aromatic N) is 2. The Labute approximate surface area is 224 Å². The number of alkyl carbamates (subject to hydrolysis) is 1. The molecule has 0 heterocycles. The number of benzene rings is 2. The molecule has 202 valence electrons. The molecule has 2 rings (SSSR count). The van der Waals surface area contributed by atoms with Gasteiger partial charge in [0.05, 0.1) is 6.07 Å². The number of aromatic hydroxyl groups is 1. The molecule has 0 saturated carbocycles. The summed E-state index contributed by atoms with van der Waals surface area (Å²) in [6.45, 7) is 12.0. The molecule has 2 aromatic rings. The SMILES string of the molecule is C=Cc1cccc(C(C(=O)NC(C)C)N(CC#N)C(=O)C(Cc2ccc(O)cc2)NC(=O)OC(C)(C)C)c1. The van der Waals surface area contributed by atoms with Crippen LogP contribution in [0.3, 0.4) is 0 Å². The summed E-state index contributed by atoms with van der Waals surface area (Å²) in [7, 11) is 0. The Morgan fingerprint density at radius 2 is 1.79 bits per heavy atom. The minimum absolute atomic E-state index is 0.0332. The van der Waals surface area contributed by atoms with Gasteiger partial charge in [0, 0.05) is 12.5 Å². The Morgan fingerprint density at radius 1 is 1.13 bits per heavy atom. The van der Waals surface area contributed by atoms with Gasteiger partial charge in [-0.25, -0.2) is 4.79 Å². The van der Waals surface area contributed by atoms with Crippen molar-refractivity contribution in [3.05, 3.63) is 71.8 Å². The number of phenols is 1. The van der Waals surface area contributed by atoms with E-state index in [0.717, 1.165) is 10.5 Å². The van der Waals surface area contributed by atoms with E-state index in [-0.39, 0.29) is 18.2 Å². The predicted molar refractivity (Wildman–Crippen MR) is 145 cm³/mol. The summed E-state index contributed by atoms with van der Waals surface area (Å²) in [5.74, 6) is -1.06. The standard InChI is InChI=1S/C29H36N4O5/c1-7-20-9-8-10-22(17-20)25(26(35)31-19(2)3)33(16-15-30)27(36)24(32-28(37)38-29(4,5)6)18-21-11-13-23(34)14-12-21/h7-14,17,19,24-25,34H,1,16,18H2,2-6H3,(H,31,35)(H,32,37). The molecule has 2 aromatic carbocycles. The van der Waals surface area contributed by atoms with E-state index in [1.54, 1.807) is 71.0 Å². The second-order valence-electron chi connectivity index (χ2n) is 10.1. The summed E-state index contributed by atoms with van der Waals surface area (Å²) in [6, 6.07) is 12.6.